The van der Waals surface area contributed by atoms with Crippen molar-refractivity contribution in [1.82, 2.24) is 4.90 Å². The molecule has 23 heavy (non-hydrogen) atoms. The molecule has 1 amide bonds. The molecule has 0 bridgehead atoms. The number of carbonyl (C=O) groups is 1. The van der Waals surface area contributed by atoms with Crippen LogP contribution in [0.1, 0.15) is 43.5 Å². The topological polar surface area (TPSA) is 72.3 Å². The van der Waals surface area contributed by atoms with Gasteiger partial charge in [-0.05, 0) is 56.9 Å². The molecular formula is C19H25N3O. The fourth-order valence-corrected chi connectivity index (χ4v) is 3.99. The highest BCUT2D eigenvalue weighted by Gasteiger charge is 2.40. The lowest BCUT2D eigenvalue weighted by Gasteiger charge is -2.38. The van der Waals surface area contributed by atoms with Gasteiger partial charge >= 0.3 is 0 Å². The zero-order valence-electron chi connectivity index (χ0n) is 13.9. The van der Waals surface area contributed by atoms with Gasteiger partial charge in [-0.1, -0.05) is 17.7 Å². The zero-order valence-corrected chi connectivity index (χ0v) is 13.9. The molecule has 1 heterocycles. The molecular weight excluding hydrogens is 286 g/mol. The molecule has 1 saturated heterocycles. The van der Waals surface area contributed by atoms with Crippen molar-refractivity contribution in [3.63, 3.8) is 0 Å². The van der Waals surface area contributed by atoms with Crippen molar-refractivity contribution >= 4 is 17.3 Å². The van der Waals surface area contributed by atoms with E-state index < -0.39 is 0 Å². The number of amides is 1. The first-order valence-electron chi connectivity index (χ1n) is 8.31. The summed E-state index contributed by atoms with van der Waals surface area (Å²) in [7, 11) is 0. The number of allylic oxidation sites excluding steroid dienone is 2. The predicted molar refractivity (Wildman–Crippen MR) is 94.9 cm³/mol. The van der Waals surface area contributed by atoms with E-state index in [9.17, 15) is 4.79 Å². The predicted octanol–water partition coefficient (Wildman–Crippen LogP) is 3.37. The van der Waals surface area contributed by atoms with Crippen LogP contribution in [-0.4, -0.2) is 23.4 Å². The minimum absolute atomic E-state index is 0.0703. The Morgan fingerprint density at radius 2 is 2.09 bits per heavy atom. The highest BCUT2D eigenvalue weighted by atomic mass is 16.2. The van der Waals surface area contributed by atoms with Gasteiger partial charge in [0, 0.05) is 24.1 Å². The standard InChI is InChI=1S/C19H25N3O/c1-3-5-14-12(2)10-18-15(14)6-4-9-22(18)19(23)13-7-8-16(20)17(21)11-13/h3,5,7-8,11,15,18H,4,6,9-10,20-21H2,1-2H3/b5-3-/t15-,18+/m1/s1. The second kappa shape index (κ2) is 6.11. The molecule has 4 nitrogen and oxygen atoms in total. The van der Waals surface area contributed by atoms with Crippen molar-refractivity contribution in [2.45, 2.75) is 39.2 Å². The molecule has 2 aliphatic rings. The van der Waals surface area contributed by atoms with Gasteiger partial charge < -0.3 is 16.4 Å². The molecule has 1 fully saturated rings. The van der Waals surface area contributed by atoms with E-state index in [0.717, 1.165) is 25.8 Å². The Hall–Kier alpha value is -2.23. The highest BCUT2D eigenvalue weighted by Crippen LogP contribution is 2.42. The van der Waals surface area contributed by atoms with Gasteiger partial charge in [0.1, 0.15) is 0 Å². The quantitative estimate of drug-likeness (QED) is 0.823. The van der Waals surface area contributed by atoms with Crippen LogP contribution in [0.3, 0.4) is 0 Å². The monoisotopic (exact) mass is 311 g/mol. The lowest BCUT2D eigenvalue weighted by molar-refractivity contribution is 0.0564. The third-order valence-corrected chi connectivity index (χ3v) is 5.13. The SMILES string of the molecule is C/C=C\C1=C(C)C[C@H]2[C@@H]1CCCN2C(=O)c1ccc(N)c(N)c1. The molecule has 0 saturated carbocycles. The van der Waals surface area contributed by atoms with Crippen LogP contribution in [0.4, 0.5) is 11.4 Å². The largest absolute Gasteiger partial charge is 0.397 e. The summed E-state index contributed by atoms with van der Waals surface area (Å²) >= 11 is 0. The van der Waals surface area contributed by atoms with Crippen LogP contribution in [0.25, 0.3) is 0 Å². The third kappa shape index (κ3) is 2.74. The first-order valence-corrected chi connectivity index (χ1v) is 8.31. The van der Waals surface area contributed by atoms with Crippen LogP contribution in [0, 0.1) is 5.92 Å². The van der Waals surface area contributed by atoms with Gasteiger partial charge in [0.05, 0.1) is 11.4 Å². The smallest absolute Gasteiger partial charge is 0.254 e. The summed E-state index contributed by atoms with van der Waals surface area (Å²) < 4.78 is 0. The van der Waals surface area contributed by atoms with Gasteiger partial charge in [0.25, 0.3) is 5.91 Å². The molecule has 0 aromatic heterocycles. The van der Waals surface area contributed by atoms with Crippen molar-refractivity contribution in [2.24, 2.45) is 5.92 Å². The molecule has 3 rings (SSSR count). The van der Waals surface area contributed by atoms with Crippen molar-refractivity contribution in [3.8, 4) is 0 Å². The number of hydrogen-bond donors (Lipinski definition) is 2. The summed E-state index contributed by atoms with van der Waals surface area (Å²) in [6.07, 6.45) is 7.50. The summed E-state index contributed by atoms with van der Waals surface area (Å²) in [4.78, 5) is 15.0. The van der Waals surface area contributed by atoms with E-state index in [1.807, 2.05) is 4.90 Å². The number of nitrogens with two attached hydrogens (primary N) is 2. The summed E-state index contributed by atoms with van der Waals surface area (Å²) in [5.74, 6) is 0.538. The van der Waals surface area contributed by atoms with Crippen molar-refractivity contribution in [3.05, 3.63) is 47.1 Å². The van der Waals surface area contributed by atoms with Crippen LogP contribution < -0.4 is 11.5 Å². The van der Waals surface area contributed by atoms with E-state index in [2.05, 4.69) is 26.0 Å². The normalized spacial score (nSPS) is 24.3. The molecule has 122 valence electrons. The first-order chi connectivity index (χ1) is 11.0. The van der Waals surface area contributed by atoms with Gasteiger partial charge in [-0.25, -0.2) is 0 Å². The van der Waals surface area contributed by atoms with Crippen molar-refractivity contribution in [1.29, 1.82) is 0 Å². The Bertz CT molecular complexity index is 690. The molecule has 1 aliphatic carbocycles. The van der Waals surface area contributed by atoms with Gasteiger partial charge in [0.2, 0.25) is 0 Å². The summed E-state index contributed by atoms with van der Waals surface area (Å²) in [5, 5.41) is 0. The lowest BCUT2D eigenvalue weighted by atomic mass is 9.87. The van der Waals surface area contributed by atoms with Gasteiger partial charge in [0.15, 0.2) is 0 Å². The molecule has 1 aromatic carbocycles. The third-order valence-electron chi connectivity index (χ3n) is 5.13. The molecule has 1 aromatic rings. The Kier molecular flexibility index (Phi) is 4.16. The van der Waals surface area contributed by atoms with E-state index in [-0.39, 0.29) is 11.9 Å². The van der Waals surface area contributed by atoms with E-state index >= 15 is 0 Å². The fourth-order valence-electron chi connectivity index (χ4n) is 3.99. The molecule has 0 unspecified atom stereocenters. The van der Waals surface area contributed by atoms with Crippen molar-refractivity contribution < 1.29 is 4.79 Å². The van der Waals surface area contributed by atoms with Crippen LogP contribution in [-0.2, 0) is 0 Å². The number of anilines is 2. The van der Waals surface area contributed by atoms with Crippen LogP contribution in [0.5, 0.6) is 0 Å². The van der Waals surface area contributed by atoms with Crippen LogP contribution in [0.15, 0.2) is 41.5 Å². The maximum absolute atomic E-state index is 13.0. The summed E-state index contributed by atoms with van der Waals surface area (Å²) in [6, 6.07) is 5.47. The number of fused-ring (bicyclic) bond motifs is 1. The Morgan fingerprint density at radius 3 is 2.78 bits per heavy atom. The van der Waals surface area contributed by atoms with Crippen LogP contribution >= 0.6 is 0 Å². The van der Waals surface area contributed by atoms with E-state index in [1.54, 1.807) is 18.2 Å². The fraction of sp³-hybridized carbons (Fsp3) is 0.421. The maximum atomic E-state index is 13.0. The number of benzene rings is 1. The number of likely N-dealkylation sites (tertiary alicyclic amines) is 1. The number of carbonyl (C=O) groups excluding carboxylic acids is 1. The molecule has 1 aliphatic heterocycles. The summed E-state index contributed by atoms with van der Waals surface area (Å²) in [5.41, 5.74) is 16.1. The first kappa shape index (κ1) is 15.7. The minimum atomic E-state index is 0.0703. The number of hydrogen-bond acceptors (Lipinski definition) is 3. The number of rotatable bonds is 2. The average Bonchev–Trinajstić information content (AvgIpc) is 2.86. The van der Waals surface area contributed by atoms with Crippen LogP contribution in [0.2, 0.25) is 0 Å². The highest BCUT2D eigenvalue weighted by molar-refractivity contribution is 5.96. The number of piperidine rings is 1. The number of nitrogen functional groups attached to an aromatic ring is 2. The molecule has 0 radical (unpaired) electrons. The number of nitrogens with zero attached hydrogens (tertiary/aromatic N) is 1. The van der Waals surface area contributed by atoms with Gasteiger partial charge in [-0.15, -0.1) is 0 Å². The molecule has 0 spiro atoms. The zero-order chi connectivity index (χ0) is 16.6. The Morgan fingerprint density at radius 1 is 1.30 bits per heavy atom. The summed E-state index contributed by atoms with van der Waals surface area (Å²) in [6.45, 7) is 5.06. The van der Waals surface area contributed by atoms with E-state index in [0.29, 0.717) is 22.9 Å². The molecule has 4 N–H and O–H groups in total. The Balaban J connectivity index is 1.86. The molecule has 2 atom stereocenters. The lowest BCUT2D eigenvalue weighted by Crippen LogP contribution is -2.47. The average molecular weight is 311 g/mol. The second-order valence-corrected chi connectivity index (χ2v) is 6.60. The minimum Gasteiger partial charge on any atom is -0.397 e. The van der Waals surface area contributed by atoms with E-state index in [1.165, 1.54) is 11.1 Å². The second-order valence-electron chi connectivity index (χ2n) is 6.60. The van der Waals surface area contributed by atoms with Gasteiger partial charge in [-0.3, -0.25) is 4.79 Å². The molecule has 4 heteroatoms. The van der Waals surface area contributed by atoms with Gasteiger partial charge in [-0.2, -0.15) is 0 Å². The van der Waals surface area contributed by atoms with Crippen molar-refractivity contribution in [2.75, 3.05) is 18.0 Å². The van der Waals surface area contributed by atoms with E-state index in [4.69, 9.17) is 11.5 Å². The maximum Gasteiger partial charge on any atom is 0.254 e. The Labute approximate surface area is 137 Å².